The van der Waals surface area contributed by atoms with Crippen molar-refractivity contribution in [3.63, 3.8) is 0 Å². The molecule has 0 radical (unpaired) electrons. The maximum absolute atomic E-state index is 12.8. The summed E-state index contributed by atoms with van der Waals surface area (Å²) in [5, 5.41) is 17.1. The molecule has 7 heteroatoms. The lowest BCUT2D eigenvalue weighted by atomic mass is 9.72. The molecule has 0 spiro atoms. The van der Waals surface area contributed by atoms with Crippen LogP contribution in [0.2, 0.25) is 0 Å². The number of ether oxygens (including phenoxy) is 1. The molecule has 0 fully saturated rings. The zero-order chi connectivity index (χ0) is 22.2. The maximum atomic E-state index is 12.8. The molecule has 1 aromatic carbocycles. The predicted octanol–water partition coefficient (Wildman–Crippen LogP) is 5.69. The number of fused-ring (bicyclic) bond motifs is 1. The summed E-state index contributed by atoms with van der Waals surface area (Å²) in [6, 6.07) is 11.2. The minimum Gasteiger partial charge on any atom is -0.497 e. The predicted molar refractivity (Wildman–Crippen MR) is 120 cm³/mol. The normalized spacial score (nSPS) is 15.8. The summed E-state index contributed by atoms with van der Waals surface area (Å²) >= 11 is 1.51. The van der Waals surface area contributed by atoms with Crippen LogP contribution < -0.4 is 10.1 Å². The minimum atomic E-state index is -0.383. The molecule has 3 aromatic rings. The molecule has 0 saturated carbocycles. The number of hydrogen-bond acceptors (Lipinski definition) is 6. The summed E-state index contributed by atoms with van der Waals surface area (Å²) in [5.74, 6) is 1.41. The fourth-order valence-electron chi connectivity index (χ4n) is 3.97. The van der Waals surface area contributed by atoms with Crippen molar-refractivity contribution in [3.05, 3.63) is 52.0 Å². The van der Waals surface area contributed by atoms with Gasteiger partial charge in [-0.1, -0.05) is 25.9 Å². The second-order valence-electron chi connectivity index (χ2n) is 8.88. The van der Waals surface area contributed by atoms with E-state index in [4.69, 9.17) is 9.26 Å². The van der Waals surface area contributed by atoms with Crippen LogP contribution in [0.1, 0.15) is 53.7 Å². The molecule has 1 unspecified atom stereocenters. The van der Waals surface area contributed by atoms with E-state index in [1.54, 1.807) is 13.2 Å². The molecule has 1 aliphatic rings. The van der Waals surface area contributed by atoms with E-state index in [1.165, 1.54) is 16.2 Å². The van der Waals surface area contributed by atoms with Crippen molar-refractivity contribution in [2.75, 3.05) is 12.4 Å². The number of rotatable bonds is 4. The first-order chi connectivity index (χ1) is 14.8. The Labute approximate surface area is 185 Å². The molecule has 2 heterocycles. The third kappa shape index (κ3) is 4.21. The number of benzene rings is 1. The number of nitrogens with one attached hydrogen (secondary N) is 1. The van der Waals surface area contributed by atoms with E-state index >= 15 is 0 Å². The first-order valence-corrected chi connectivity index (χ1v) is 11.1. The number of thiophene rings is 1. The lowest BCUT2D eigenvalue weighted by molar-refractivity contribution is 0.101. The van der Waals surface area contributed by atoms with Gasteiger partial charge in [0, 0.05) is 16.5 Å². The summed E-state index contributed by atoms with van der Waals surface area (Å²) in [6.07, 6.45) is 2.88. The number of hydrogen-bond donors (Lipinski definition) is 1. The number of carbonyl (C=O) groups is 1. The van der Waals surface area contributed by atoms with Crippen molar-refractivity contribution >= 4 is 22.2 Å². The third-order valence-electron chi connectivity index (χ3n) is 5.95. The number of nitriles is 1. The molecular formula is C24H25N3O3S. The highest BCUT2D eigenvalue weighted by molar-refractivity contribution is 7.16. The highest BCUT2D eigenvalue weighted by Gasteiger charge is 2.32. The number of anilines is 1. The van der Waals surface area contributed by atoms with Crippen LogP contribution in [0.25, 0.3) is 11.3 Å². The fraction of sp³-hybridized carbons (Fsp3) is 0.375. The standard InChI is InChI=1S/C24H25N3O3S/c1-24(2,3)15-7-10-17-18(13-25)23(31-21(17)11-15)26-22(28)19-12-20(30-27-19)14-5-8-16(29-4)9-6-14/h5-6,8-9,12,15H,7,10-11H2,1-4H3,(H,26,28). The first kappa shape index (κ1) is 21.1. The summed E-state index contributed by atoms with van der Waals surface area (Å²) in [4.78, 5) is 14.0. The van der Waals surface area contributed by atoms with Gasteiger partial charge in [0.05, 0.1) is 12.7 Å². The van der Waals surface area contributed by atoms with E-state index < -0.39 is 0 Å². The minimum absolute atomic E-state index is 0.175. The van der Waals surface area contributed by atoms with E-state index in [0.29, 0.717) is 22.2 Å². The van der Waals surface area contributed by atoms with Crippen LogP contribution in [-0.2, 0) is 12.8 Å². The van der Waals surface area contributed by atoms with Gasteiger partial charge in [0.1, 0.15) is 16.8 Å². The molecule has 1 amide bonds. The van der Waals surface area contributed by atoms with Crippen LogP contribution in [0, 0.1) is 22.7 Å². The second kappa shape index (κ2) is 8.20. The van der Waals surface area contributed by atoms with Crippen molar-refractivity contribution in [3.8, 4) is 23.1 Å². The second-order valence-corrected chi connectivity index (χ2v) is 9.99. The van der Waals surface area contributed by atoms with Gasteiger partial charge in [-0.15, -0.1) is 11.3 Å². The van der Waals surface area contributed by atoms with E-state index in [0.717, 1.165) is 36.1 Å². The molecule has 6 nitrogen and oxygen atoms in total. The van der Waals surface area contributed by atoms with Crippen LogP contribution in [0.15, 0.2) is 34.9 Å². The van der Waals surface area contributed by atoms with Crippen molar-refractivity contribution < 1.29 is 14.1 Å². The molecule has 0 saturated heterocycles. The summed E-state index contributed by atoms with van der Waals surface area (Å²) in [6.45, 7) is 6.78. The maximum Gasteiger partial charge on any atom is 0.278 e. The molecule has 31 heavy (non-hydrogen) atoms. The number of amides is 1. The van der Waals surface area contributed by atoms with Crippen molar-refractivity contribution in [1.82, 2.24) is 5.16 Å². The Kier molecular flexibility index (Phi) is 5.59. The monoisotopic (exact) mass is 435 g/mol. The fourth-order valence-corrected chi connectivity index (χ4v) is 5.25. The lowest BCUT2D eigenvalue weighted by Gasteiger charge is -2.33. The first-order valence-electron chi connectivity index (χ1n) is 10.3. The smallest absolute Gasteiger partial charge is 0.278 e. The molecule has 4 rings (SSSR count). The summed E-state index contributed by atoms with van der Waals surface area (Å²) in [5.41, 5.74) is 2.86. The average Bonchev–Trinajstić information content (AvgIpc) is 3.37. The Bertz CT molecular complexity index is 1150. The molecule has 1 atom stereocenters. The van der Waals surface area contributed by atoms with Gasteiger partial charge in [0.15, 0.2) is 11.5 Å². The number of carbonyl (C=O) groups excluding carboxylic acids is 1. The average molecular weight is 436 g/mol. The Balaban J connectivity index is 1.54. The van der Waals surface area contributed by atoms with Gasteiger partial charge in [-0.3, -0.25) is 4.79 Å². The van der Waals surface area contributed by atoms with Gasteiger partial charge in [-0.25, -0.2) is 0 Å². The Morgan fingerprint density at radius 2 is 2.06 bits per heavy atom. The van der Waals surface area contributed by atoms with Gasteiger partial charge in [-0.05, 0) is 60.4 Å². The molecular weight excluding hydrogens is 410 g/mol. The van der Waals surface area contributed by atoms with Crippen LogP contribution in [0.5, 0.6) is 5.75 Å². The van der Waals surface area contributed by atoms with Gasteiger partial charge in [0.25, 0.3) is 5.91 Å². The van der Waals surface area contributed by atoms with Gasteiger partial charge in [-0.2, -0.15) is 5.26 Å². The Morgan fingerprint density at radius 1 is 1.32 bits per heavy atom. The Morgan fingerprint density at radius 3 is 2.71 bits per heavy atom. The molecule has 1 aliphatic carbocycles. The quantitative estimate of drug-likeness (QED) is 0.569. The van der Waals surface area contributed by atoms with Crippen LogP contribution in [0.3, 0.4) is 0 Å². The largest absolute Gasteiger partial charge is 0.497 e. The van der Waals surface area contributed by atoms with Gasteiger partial charge in [0.2, 0.25) is 0 Å². The molecule has 160 valence electrons. The zero-order valence-electron chi connectivity index (χ0n) is 18.1. The summed E-state index contributed by atoms with van der Waals surface area (Å²) < 4.78 is 10.5. The number of nitrogens with zero attached hydrogens (tertiary/aromatic N) is 2. The zero-order valence-corrected chi connectivity index (χ0v) is 18.9. The van der Waals surface area contributed by atoms with E-state index in [1.807, 2.05) is 24.3 Å². The van der Waals surface area contributed by atoms with Crippen LogP contribution in [-0.4, -0.2) is 18.2 Å². The molecule has 0 bridgehead atoms. The highest BCUT2D eigenvalue weighted by atomic mass is 32.1. The van der Waals surface area contributed by atoms with Gasteiger partial charge >= 0.3 is 0 Å². The topological polar surface area (TPSA) is 88.1 Å². The van der Waals surface area contributed by atoms with Gasteiger partial charge < -0.3 is 14.6 Å². The number of methoxy groups -OCH3 is 1. The SMILES string of the molecule is COc1ccc(-c2cc(C(=O)Nc3sc4c(c3C#N)CCC(C(C)(C)C)C4)no2)cc1. The Hall–Kier alpha value is -3.11. The molecule has 0 aliphatic heterocycles. The number of aromatic nitrogens is 1. The molecule has 1 N–H and O–H groups in total. The summed E-state index contributed by atoms with van der Waals surface area (Å²) in [7, 11) is 1.60. The van der Waals surface area contributed by atoms with E-state index in [2.05, 4.69) is 37.3 Å². The third-order valence-corrected chi connectivity index (χ3v) is 7.12. The van der Waals surface area contributed by atoms with Crippen LogP contribution in [0.4, 0.5) is 5.00 Å². The van der Waals surface area contributed by atoms with Crippen molar-refractivity contribution in [1.29, 1.82) is 5.26 Å². The van der Waals surface area contributed by atoms with E-state index in [9.17, 15) is 10.1 Å². The van der Waals surface area contributed by atoms with E-state index in [-0.39, 0.29) is 17.0 Å². The van der Waals surface area contributed by atoms with Crippen LogP contribution >= 0.6 is 11.3 Å². The highest BCUT2D eigenvalue weighted by Crippen LogP contribution is 2.44. The van der Waals surface area contributed by atoms with Crippen molar-refractivity contribution in [2.45, 2.75) is 40.0 Å². The molecule has 2 aromatic heterocycles. The lowest BCUT2D eigenvalue weighted by Crippen LogP contribution is -2.26. The van der Waals surface area contributed by atoms with Crippen molar-refractivity contribution in [2.24, 2.45) is 11.3 Å².